The Hall–Kier alpha value is -3.20. The van der Waals surface area contributed by atoms with Crippen molar-refractivity contribution in [2.45, 2.75) is 53.7 Å². The maximum Gasteiger partial charge on any atom is 0.420 e. The number of nitrogens with zero attached hydrogens (tertiary/aromatic N) is 5. The van der Waals surface area contributed by atoms with Crippen LogP contribution < -0.4 is 4.90 Å². The van der Waals surface area contributed by atoms with E-state index in [2.05, 4.69) is 15.1 Å². The first-order chi connectivity index (χ1) is 14.8. The summed E-state index contributed by atoms with van der Waals surface area (Å²) in [4.78, 5) is 34.1. The maximum absolute atomic E-state index is 13.1. The number of hydrogen-bond acceptors (Lipinski definition) is 6. The van der Waals surface area contributed by atoms with Gasteiger partial charge in [-0.15, -0.1) is 0 Å². The van der Waals surface area contributed by atoms with Gasteiger partial charge in [-0.05, 0) is 70.8 Å². The third-order valence-corrected chi connectivity index (χ3v) is 4.92. The van der Waals surface area contributed by atoms with E-state index in [0.717, 1.165) is 16.5 Å². The van der Waals surface area contributed by atoms with E-state index in [0.29, 0.717) is 5.69 Å². The minimum absolute atomic E-state index is 0.00138. The number of anilines is 2. The highest BCUT2D eigenvalue weighted by molar-refractivity contribution is 6.28. The average Bonchev–Trinajstić information content (AvgIpc) is 3.01. The van der Waals surface area contributed by atoms with E-state index in [9.17, 15) is 14.7 Å². The molecule has 0 aliphatic rings. The number of amides is 1. The van der Waals surface area contributed by atoms with Crippen molar-refractivity contribution in [1.82, 2.24) is 19.7 Å². The van der Waals surface area contributed by atoms with Gasteiger partial charge < -0.3 is 9.84 Å². The Balaban J connectivity index is 2.12. The maximum atomic E-state index is 13.1. The molecule has 32 heavy (non-hydrogen) atoms. The van der Waals surface area contributed by atoms with Crippen LogP contribution >= 0.6 is 11.6 Å². The summed E-state index contributed by atoms with van der Waals surface area (Å²) in [7, 11) is 0. The van der Waals surface area contributed by atoms with Crippen molar-refractivity contribution in [2.75, 3.05) is 4.90 Å². The fourth-order valence-electron chi connectivity index (χ4n) is 3.10. The molecule has 0 aliphatic carbocycles. The van der Waals surface area contributed by atoms with Crippen molar-refractivity contribution in [3.8, 4) is 0 Å². The van der Waals surface area contributed by atoms with Crippen LogP contribution in [0.1, 0.15) is 40.2 Å². The number of aryl methyl sites for hydroxylation is 1. The van der Waals surface area contributed by atoms with Gasteiger partial charge in [-0.3, -0.25) is 9.48 Å². The number of ether oxygens (including phenoxy) is 1. The number of aliphatic carboxylic acids is 1. The van der Waals surface area contributed by atoms with E-state index in [1.54, 1.807) is 57.6 Å². The van der Waals surface area contributed by atoms with Crippen LogP contribution in [0.25, 0.3) is 10.9 Å². The van der Waals surface area contributed by atoms with Crippen molar-refractivity contribution < 1.29 is 19.4 Å². The topological polar surface area (TPSA) is 110 Å². The molecule has 0 bridgehead atoms. The van der Waals surface area contributed by atoms with E-state index in [1.807, 2.05) is 13.0 Å². The molecule has 1 N–H and O–H groups in total. The highest BCUT2D eigenvalue weighted by atomic mass is 35.5. The van der Waals surface area contributed by atoms with Crippen LogP contribution in [0.3, 0.4) is 0 Å². The number of benzene rings is 1. The fraction of sp³-hybridized carbons (Fsp3) is 0.409. The van der Waals surface area contributed by atoms with Crippen molar-refractivity contribution in [3.05, 3.63) is 41.4 Å². The summed E-state index contributed by atoms with van der Waals surface area (Å²) in [5.74, 6) is -0.646. The van der Waals surface area contributed by atoms with Crippen LogP contribution in [0, 0.1) is 12.3 Å². The first-order valence-electron chi connectivity index (χ1n) is 10.00. The zero-order valence-corrected chi connectivity index (χ0v) is 19.6. The molecule has 0 unspecified atom stereocenters. The highest BCUT2D eigenvalue weighted by Crippen LogP contribution is 2.33. The molecule has 1 amide bonds. The molecule has 3 aromatic rings. The summed E-state index contributed by atoms with van der Waals surface area (Å²) < 4.78 is 7.26. The Bertz CT molecular complexity index is 1180. The van der Waals surface area contributed by atoms with Crippen LogP contribution in [-0.4, -0.2) is 42.5 Å². The quantitative estimate of drug-likeness (QED) is 0.536. The second-order valence-electron chi connectivity index (χ2n) is 9.19. The Morgan fingerprint density at radius 1 is 1.22 bits per heavy atom. The predicted octanol–water partition coefficient (Wildman–Crippen LogP) is 4.97. The summed E-state index contributed by atoms with van der Waals surface area (Å²) in [6.45, 7) is 10.7. The molecule has 0 radical (unpaired) electrons. The molecular weight excluding hydrogens is 434 g/mol. The lowest BCUT2D eigenvalue weighted by Gasteiger charge is -2.28. The summed E-state index contributed by atoms with van der Waals surface area (Å²) in [6, 6.07) is 5.22. The molecule has 0 atom stereocenters. The third-order valence-electron chi connectivity index (χ3n) is 4.74. The van der Waals surface area contributed by atoms with Crippen LogP contribution in [-0.2, 0) is 16.1 Å². The molecule has 2 aromatic heterocycles. The zero-order valence-electron chi connectivity index (χ0n) is 18.9. The predicted molar refractivity (Wildman–Crippen MR) is 121 cm³/mol. The van der Waals surface area contributed by atoms with E-state index < -0.39 is 23.1 Å². The SMILES string of the molecule is Cc1cc2c(cnn2CC(C)(C)C(=O)O)cc1N(C(=O)OC(C)(C)C)c1ccnc(Cl)n1. The van der Waals surface area contributed by atoms with Gasteiger partial charge in [-0.2, -0.15) is 10.1 Å². The van der Waals surface area contributed by atoms with Gasteiger partial charge in [0.05, 0.1) is 29.4 Å². The monoisotopic (exact) mass is 459 g/mol. The summed E-state index contributed by atoms with van der Waals surface area (Å²) >= 11 is 5.98. The molecule has 9 nitrogen and oxygen atoms in total. The molecular formula is C22H26ClN5O4. The molecule has 170 valence electrons. The molecule has 0 spiro atoms. The summed E-state index contributed by atoms with van der Waals surface area (Å²) in [5.41, 5.74) is 0.320. The van der Waals surface area contributed by atoms with Gasteiger partial charge in [0, 0.05) is 17.6 Å². The van der Waals surface area contributed by atoms with E-state index in [-0.39, 0.29) is 17.6 Å². The number of fused-ring (bicyclic) bond motifs is 1. The first-order valence-corrected chi connectivity index (χ1v) is 10.4. The molecule has 0 saturated carbocycles. The second-order valence-corrected chi connectivity index (χ2v) is 9.53. The van der Waals surface area contributed by atoms with Gasteiger partial charge in [0.1, 0.15) is 11.4 Å². The lowest BCUT2D eigenvalue weighted by atomic mass is 9.94. The van der Waals surface area contributed by atoms with Gasteiger partial charge >= 0.3 is 12.1 Å². The minimum atomic E-state index is -0.994. The first kappa shape index (κ1) is 23.5. The van der Waals surface area contributed by atoms with Gasteiger partial charge in [-0.1, -0.05) is 0 Å². The number of carboxylic acid groups (broad SMARTS) is 1. The number of halogens is 1. The van der Waals surface area contributed by atoms with Gasteiger partial charge in [0.25, 0.3) is 0 Å². The van der Waals surface area contributed by atoms with Crippen molar-refractivity contribution in [2.24, 2.45) is 5.41 Å². The Morgan fingerprint density at radius 3 is 2.50 bits per heavy atom. The number of aromatic nitrogens is 4. The average molecular weight is 460 g/mol. The number of carbonyl (C=O) groups is 2. The Labute approximate surface area is 191 Å². The van der Waals surface area contributed by atoms with Crippen LogP contribution in [0.5, 0.6) is 0 Å². The molecule has 0 aliphatic heterocycles. The number of rotatable bonds is 5. The molecule has 2 heterocycles. The lowest BCUT2D eigenvalue weighted by Crippen LogP contribution is -2.34. The Morgan fingerprint density at radius 2 is 1.91 bits per heavy atom. The third kappa shape index (κ3) is 4.99. The van der Waals surface area contributed by atoms with E-state index in [1.165, 1.54) is 11.1 Å². The van der Waals surface area contributed by atoms with Gasteiger partial charge in [0.2, 0.25) is 5.28 Å². The molecule has 3 rings (SSSR count). The number of hydrogen-bond donors (Lipinski definition) is 1. The number of carbonyl (C=O) groups excluding carboxylic acids is 1. The molecule has 0 saturated heterocycles. The number of carboxylic acids is 1. The van der Waals surface area contributed by atoms with Crippen molar-refractivity contribution in [3.63, 3.8) is 0 Å². The summed E-state index contributed by atoms with van der Waals surface area (Å²) in [6.07, 6.45) is 2.48. The molecule has 10 heteroatoms. The van der Waals surface area contributed by atoms with Crippen LogP contribution in [0.15, 0.2) is 30.6 Å². The van der Waals surface area contributed by atoms with Crippen molar-refractivity contribution >= 4 is 46.1 Å². The minimum Gasteiger partial charge on any atom is -0.481 e. The summed E-state index contributed by atoms with van der Waals surface area (Å²) in [5, 5.41) is 14.6. The lowest BCUT2D eigenvalue weighted by molar-refractivity contribution is -0.147. The highest BCUT2D eigenvalue weighted by Gasteiger charge is 2.30. The second kappa shape index (κ2) is 8.38. The smallest absolute Gasteiger partial charge is 0.420 e. The molecule has 1 aromatic carbocycles. The fourth-order valence-corrected chi connectivity index (χ4v) is 3.24. The van der Waals surface area contributed by atoms with E-state index >= 15 is 0 Å². The van der Waals surface area contributed by atoms with Gasteiger partial charge in [0.15, 0.2) is 0 Å². The normalized spacial score (nSPS) is 12.1. The standard InChI is InChI=1S/C22H26ClN5O4/c1-13-9-16-14(11-25-27(16)12-22(5,6)18(29)30)10-15(13)28(20(31)32-21(2,3)4)17-7-8-24-19(23)26-17/h7-11H,12H2,1-6H3,(H,29,30). The van der Waals surface area contributed by atoms with Gasteiger partial charge in [-0.25, -0.2) is 14.7 Å². The largest absolute Gasteiger partial charge is 0.481 e. The van der Waals surface area contributed by atoms with Crippen LogP contribution in [0.4, 0.5) is 16.3 Å². The van der Waals surface area contributed by atoms with Crippen LogP contribution in [0.2, 0.25) is 5.28 Å². The molecule has 0 fully saturated rings. The zero-order chi connectivity index (χ0) is 23.8. The van der Waals surface area contributed by atoms with E-state index in [4.69, 9.17) is 16.3 Å². The Kier molecular flexibility index (Phi) is 6.15. The van der Waals surface area contributed by atoms with Crippen molar-refractivity contribution in [1.29, 1.82) is 0 Å².